The Morgan fingerprint density at radius 3 is 1.93 bits per heavy atom. The van der Waals surface area contributed by atoms with Gasteiger partial charge in [-0.15, -0.1) is 0 Å². The van der Waals surface area contributed by atoms with Gasteiger partial charge in [0.05, 0.1) is 5.75 Å². The molecule has 0 rings (SSSR count). The highest BCUT2D eigenvalue weighted by molar-refractivity contribution is 7.79. The van der Waals surface area contributed by atoms with Crippen molar-refractivity contribution in [3.63, 3.8) is 0 Å². The summed E-state index contributed by atoms with van der Waals surface area (Å²) in [5, 5.41) is 8.08. The van der Waals surface area contributed by atoms with E-state index in [-0.39, 0.29) is 24.6 Å². The van der Waals surface area contributed by atoms with Crippen LogP contribution in [0.15, 0.2) is 0 Å². The number of ketones is 1. The monoisotopic (exact) mass is 239 g/mol. The fourth-order valence-electron chi connectivity index (χ4n) is 0.559. The van der Waals surface area contributed by atoms with Crippen LogP contribution in [0.4, 0.5) is 0 Å². The third-order valence-corrected chi connectivity index (χ3v) is 1.71. The summed E-state index contributed by atoms with van der Waals surface area (Å²) in [7, 11) is 0. The Bertz CT molecular complexity index is 229. The molecule has 0 aromatic rings. The Kier molecular flexibility index (Phi) is 10.8. The predicted octanol–water partition coefficient (Wildman–Crippen LogP) is -0.147. The number of aliphatic carboxylic acids is 1. The second-order valence-corrected chi connectivity index (χ2v) is 4.19. The number of nitrogens with two attached hydrogens (primary N) is 1. The second-order valence-electron chi connectivity index (χ2n) is 3.14. The summed E-state index contributed by atoms with van der Waals surface area (Å²) in [5.41, 5.74) is 4.88. The van der Waals surface area contributed by atoms with Gasteiger partial charge in [-0.2, -0.15) is 0 Å². The van der Waals surface area contributed by atoms with Crippen LogP contribution in [0, 0.1) is 5.92 Å². The molecular weight excluding hydrogens is 222 g/mol. The van der Waals surface area contributed by atoms with E-state index >= 15 is 0 Å². The maximum Gasteiger partial charge on any atom is 0.372 e. The number of hydrogen-bond acceptors (Lipinski definition) is 4. The van der Waals surface area contributed by atoms with Gasteiger partial charge in [-0.1, -0.05) is 13.8 Å². The van der Waals surface area contributed by atoms with Crippen molar-refractivity contribution in [2.75, 3.05) is 12.3 Å². The molecule has 0 saturated heterocycles. The predicted molar refractivity (Wildman–Crippen MR) is 56.8 cm³/mol. The SMILES string of the molecule is CC(C)CC(=O)C(=O)O.NCCS(=O)O. The number of Topliss-reactive ketones (excluding diaryl/α,β-unsaturated/α-hetero) is 1. The zero-order valence-corrected chi connectivity index (χ0v) is 9.62. The molecule has 0 aromatic carbocycles. The second kappa shape index (κ2) is 9.75. The van der Waals surface area contributed by atoms with Crippen molar-refractivity contribution in [3.05, 3.63) is 0 Å². The van der Waals surface area contributed by atoms with Crippen molar-refractivity contribution in [1.29, 1.82) is 0 Å². The first-order chi connectivity index (χ1) is 6.81. The van der Waals surface area contributed by atoms with Crippen molar-refractivity contribution in [2.45, 2.75) is 20.3 Å². The highest BCUT2D eigenvalue weighted by Gasteiger charge is 2.11. The van der Waals surface area contributed by atoms with Gasteiger partial charge in [-0.3, -0.25) is 4.79 Å². The number of carboxylic acid groups (broad SMARTS) is 1. The van der Waals surface area contributed by atoms with Crippen molar-refractivity contribution in [2.24, 2.45) is 11.7 Å². The number of rotatable bonds is 5. The molecule has 0 radical (unpaired) electrons. The van der Waals surface area contributed by atoms with Crippen LogP contribution in [0.5, 0.6) is 0 Å². The first-order valence-corrected chi connectivity index (χ1v) is 5.62. The molecule has 7 heteroatoms. The van der Waals surface area contributed by atoms with Crippen LogP contribution >= 0.6 is 0 Å². The molecule has 0 spiro atoms. The largest absolute Gasteiger partial charge is 0.476 e. The van der Waals surface area contributed by atoms with E-state index in [4.69, 9.17) is 15.4 Å². The molecule has 0 aliphatic carbocycles. The Hall–Kier alpha value is -0.790. The number of carbonyl (C=O) groups is 2. The molecule has 4 N–H and O–H groups in total. The molecule has 0 amide bonds. The molecule has 0 aliphatic heterocycles. The van der Waals surface area contributed by atoms with E-state index in [2.05, 4.69) is 0 Å². The van der Waals surface area contributed by atoms with Crippen LogP contribution in [-0.2, 0) is 20.7 Å². The van der Waals surface area contributed by atoms with E-state index in [1.54, 1.807) is 13.8 Å². The van der Waals surface area contributed by atoms with E-state index in [9.17, 15) is 13.8 Å². The van der Waals surface area contributed by atoms with Gasteiger partial charge in [0, 0.05) is 13.0 Å². The molecule has 0 fully saturated rings. The minimum atomic E-state index is -1.69. The number of carbonyl (C=O) groups excluding carboxylic acids is 1. The zero-order valence-electron chi connectivity index (χ0n) is 8.80. The summed E-state index contributed by atoms with van der Waals surface area (Å²) in [6.07, 6.45) is 0.134. The van der Waals surface area contributed by atoms with E-state index in [0.717, 1.165) is 0 Å². The molecule has 0 saturated carbocycles. The van der Waals surface area contributed by atoms with Crippen LogP contribution in [0.25, 0.3) is 0 Å². The van der Waals surface area contributed by atoms with Crippen LogP contribution in [0.2, 0.25) is 0 Å². The molecule has 0 aromatic heterocycles. The first-order valence-electron chi connectivity index (χ1n) is 4.34. The summed E-state index contributed by atoms with van der Waals surface area (Å²) in [5.74, 6) is -1.72. The normalized spacial score (nSPS) is 11.5. The topological polar surface area (TPSA) is 118 Å². The zero-order chi connectivity index (χ0) is 12.4. The number of carboxylic acids is 1. The van der Waals surface area contributed by atoms with Crippen molar-refractivity contribution < 1.29 is 23.5 Å². The average molecular weight is 239 g/mol. The summed E-state index contributed by atoms with van der Waals surface area (Å²) < 4.78 is 17.6. The minimum absolute atomic E-state index is 0.133. The Balaban J connectivity index is 0. The summed E-state index contributed by atoms with van der Waals surface area (Å²) in [6.45, 7) is 3.89. The van der Waals surface area contributed by atoms with Gasteiger partial charge in [0.1, 0.15) is 0 Å². The van der Waals surface area contributed by atoms with Gasteiger partial charge in [-0.05, 0) is 5.92 Å². The standard InChI is InChI=1S/C6H10O3.C2H7NO2S/c1-4(2)3-5(7)6(8)9;3-1-2-6(4)5/h4H,3H2,1-2H3,(H,8,9);1-3H2,(H,4,5). The summed E-state index contributed by atoms with van der Waals surface area (Å²) >= 11 is -1.69. The summed E-state index contributed by atoms with van der Waals surface area (Å²) in [6, 6.07) is 0. The average Bonchev–Trinajstić information content (AvgIpc) is 2.03. The van der Waals surface area contributed by atoms with Crippen molar-refractivity contribution in [1.82, 2.24) is 0 Å². The van der Waals surface area contributed by atoms with Crippen LogP contribution in [-0.4, -0.2) is 37.9 Å². The van der Waals surface area contributed by atoms with Gasteiger partial charge in [0.25, 0.3) is 0 Å². The Labute approximate surface area is 91.1 Å². The van der Waals surface area contributed by atoms with Crippen LogP contribution in [0.3, 0.4) is 0 Å². The molecule has 1 unspecified atom stereocenters. The molecule has 0 heterocycles. The van der Waals surface area contributed by atoms with Crippen molar-refractivity contribution >= 4 is 22.8 Å². The molecule has 6 nitrogen and oxygen atoms in total. The molecule has 90 valence electrons. The van der Waals surface area contributed by atoms with E-state index in [1.807, 2.05) is 0 Å². The Morgan fingerprint density at radius 2 is 1.87 bits per heavy atom. The lowest BCUT2D eigenvalue weighted by Crippen LogP contribution is -2.14. The van der Waals surface area contributed by atoms with E-state index < -0.39 is 22.8 Å². The third kappa shape index (κ3) is 15.9. The smallest absolute Gasteiger partial charge is 0.372 e. The lowest BCUT2D eigenvalue weighted by atomic mass is 10.1. The molecule has 1 atom stereocenters. The lowest BCUT2D eigenvalue weighted by Gasteiger charge is -1.97. The molecule has 15 heavy (non-hydrogen) atoms. The fraction of sp³-hybridized carbons (Fsp3) is 0.750. The van der Waals surface area contributed by atoms with Gasteiger partial charge in [0.2, 0.25) is 5.78 Å². The van der Waals surface area contributed by atoms with Gasteiger partial charge < -0.3 is 15.4 Å². The summed E-state index contributed by atoms with van der Waals surface area (Å²) in [4.78, 5) is 20.2. The van der Waals surface area contributed by atoms with Crippen LogP contribution in [0.1, 0.15) is 20.3 Å². The van der Waals surface area contributed by atoms with E-state index in [1.165, 1.54) is 0 Å². The van der Waals surface area contributed by atoms with Crippen molar-refractivity contribution in [3.8, 4) is 0 Å². The highest BCUT2D eigenvalue weighted by atomic mass is 32.2. The minimum Gasteiger partial charge on any atom is -0.476 e. The fourth-order valence-corrected chi connectivity index (χ4v) is 0.761. The quantitative estimate of drug-likeness (QED) is 0.453. The first kappa shape index (κ1) is 16.6. The van der Waals surface area contributed by atoms with Gasteiger partial charge in [-0.25, -0.2) is 9.00 Å². The molecule has 0 aliphatic rings. The van der Waals surface area contributed by atoms with Crippen LogP contribution < -0.4 is 5.73 Å². The molecular formula is C8H17NO5S. The highest BCUT2D eigenvalue weighted by Crippen LogP contribution is 1.99. The number of hydrogen-bond donors (Lipinski definition) is 3. The maximum absolute atomic E-state index is 10.4. The maximum atomic E-state index is 10.4. The van der Waals surface area contributed by atoms with Gasteiger partial charge in [0.15, 0.2) is 11.1 Å². The lowest BCUT2D eigenvalue weighted by molar-refractivity contribution is -0.149. The Morgan fingerprint density at radius 1 is 1.40 bits per heavy atom. The van der Waals surface area contributed by atoms with Gasteiger partial charge >= 0.3 is 5.97 Å². The molecule has 0 bridgehead atoms. The third-order valence-electron chi connectivity index (χ3n) is 1.12. The van der Waals surface area contributed by atoms with E-state index in [0.29, 0.717) is 0 Å².